The zero-order chi connectivity index (χ0) is 33.7. The molecule has 0 spiro atoms. The molecule has 0 saturated carbocycles. The molecule has 0 unspecified atom stereocenters. The van der Waals surface area contributed by atoms with Crippen LogP contribution in [0.25, 0.3) is 94.3 Å². The Morgan fingerprint density at radius 1 is 0.314 bits per heavy atom. The third-order valence-electron chi connectivity index (χ3n) is 9.82. The highest BCUT2D eigenvalue weighted by atomic mass is 15.0. The maximum absolute atomic E-state index is 4.95. The summed E-state index contributed by atoms with van der Waals surface area (Å²) in [5.74, 6) is 1.95. The number of fused-ring (bicyclic) bond motifs is 6. The van der Waals surface area contributed by atoms with E-state index in [9.17, 15) is 0 Å². The fourth-order valence-corrected chi connectivity index (χ4v) is 7.31. The third kappa shape index (κ3) is 5.04. The smallest absolute Gasteiger partial charge is 0.164 e. The summed E-state index contributed by atoms with van der Waals surface area (Å²) < 4.78 is 2.37. The van der Waals surface area contributed by atoms with Gasteiger partial charge in [0.1, 0.15) is 0 Å². The summed E-state index contributed by atoms with van der Waals surface area (Å²) in [5.41, 5.74) is 8.69. The monoisotopic (exact) mass is 650 g/mol. The van der Waals surface area contributed by atoms with E-state index in [1.807, 2.05) is 60.7 Å². The maximum atomic E-state index is 4.95. The minimum absolute atomic E-state index is 0.642. The summed E-state index contributed by atoms with van der Waals surface area (Å²) in [5, 5.41) is 7.46. The Bertz CT molecular complexity index is 2830. The number of nitrogens with zero attached hydrogens (tertiary/aromatic N) is 4. The van der Waals surface area contributed by atoms with Crippen molar-refractivity contribution in [1.82, 2.24) is 19.5 Å². The number of hydrogen-bond donors (Lipinski definition) is 0. The lowest BCUT2D eigenvalue weighted by atomic mass is 9.96. The molecule has 8 aromatic carbocycles. The zero-order valence-corrected chi connectivity index (χ0v) is 27.6. The minimum Gasteiger partial charge on any atom is -0.309 e. The molecule has 0 aliphatic heterocycles. The molecule has 51 heavy (non-hydrogen) atoms. The summed E-state index contributed by atoms with van der Waals surface area (Å²) in [7, 11) is 0. The van der Waals surface area contributed by atoms with Crippen molar-refractivity contribution in [1.29, 1.82) is 0 Å². The van der Waals surface area contributed by atoms with Gasteiger partial charge < -0.3 is 4.57 Å². The molecule has 10 rings (SSSR count). The number of para-hydroxylation sites is 1. The Morgan fingerprint density at radius 3 is 1.51 bits per heavy atom. The van der Waals surface area contributed by atoms with Crippen LogP contribution in [0.4, 0.5) is 0 Å². The van der Waals surface area contributed by atoms with Gasteiger partial charge in [0.2, 0.25) is 0 Å². The van der Waals surface area contributed by atoms with Gasteiger partial charge in [-0.25, -0.2) is 15.0 Å². The van der Waals surface area contributed by atoms with Crippen molar-refractivity contribution in [2.45, 2.75) is 0 Å². The molecule has 10 aromatic rings. The van der Waals surface area contributed by atoms with Gasteiger partial charge in [-0.3, -0.25) is 0 Å². The first-order valence-electron chi connectivity index (χ1n) is 17.2. The summed E-state index contributed by atoms with van der Waals surface area (Å²) in [4.78, 5) is 14.8. The molecule has 0 bridgehead atoms. The molecule has 0 saturated heterocycles. The van der Waals surface area contributed by atoms with E-state index in [4.69, 9.17) is 15.0 Å². The van der Waals surface area contributed by atoms with Crippen LogP contribution in [0.15, 0.2) is 182 Å². The molecule has 0 atom stereocenters. The predicted molar refractivity (Wildman–Crippen MR) is 211 cm³/mol. The molecule has 0 aliphatic rings. The lowest BCUT2D eigenvalue weighted by Crippen LogP contribution is -2.00. The molecule has 0 amide bonds. The van der Waals surface area contributed by atoms with E-state index in [1.54, 1.807) is 0 Å². The molecule has 0 radical (unpaired) electrons. The third-order valence-corrected chi connectivity index (χ3v) is 9.82. The van der Waals surface area contributed by atoms with Crippen LogP contribution in [0.3, 0.4) is 0 Å². The lowest BCUT2D eigenvalue weighted by Gasteiger charge is -2.11. The summed E-state index contributed by atoms with van der Waals surface area (Å²) in [6.45, 7) is 0. The van der Waals surface area contributed by atoms with Crippen molar-refractivity contribution in [3.63, 3.8) is 0 Å². The van der Waals surface area contributed by atoms with Gasteiger partial charge in [0.05, 0.1) is 11.0 Å². The minimum atomic E-state index is 0.642. The SMILES string of the molecule is c1ccc(-c2nc(-c3ccccc3)nc(-c3ccc(-n4c5ccccc5c5c6cc(-c7ccc8ccccc8c7)ccc6ccc54)cc3)n2)cc1. The summed E-state index contributed by atoms with van der Waals surface area (Å²) in [6.07, 6.45) is 0. The largest absolute Gasteiger partial charge is 0.309 e. The van der Waals surface area contributed by atoms with Crippen LogP contribution in [-0.4, -0.2) is 19.5 Å². The quantitative estimate of drug-likeness (QED) is 0.186. The van der Waals surface area contributed by atoms with E-state index in [0.717, 1.165) is 22.4 Å². The molecule has 0 N–H and O–H groups in total. The first-order valence-corrected chi connectivity index (χ1v) is 17.2. The maximum Gasteiger partial charge on any atom is 0.164 e. The average molecular weight is 651 g/mol. The predicted octanol–water partition coefficient (Wildman–Crippen LogP) is 11.9. The molecule has 0 aliphatic carbocycles. The van der Waals surface area contributed by atoms with Gasteiger partial charge in [0.15, 0.2) is 17.5 Å². The van der Waals surface area contributed by atoms with E-state index in [1.165, 1.54) is 54.5 Å². The standard InChI is InChI=1S/C47H30N4/c1-3-12-33(13-4-1)45-48-46(34-14-5-2-6-15-34)50-47(49-45)35-23-26-39(27-24-35)51-42-18-10-9-17-40(42)44-41-30-38(22-20-32(41)25-28-43(44)51)37-21-19-31-11-7-8-16-36(31)29-37/h1-30H. The van der Waals surface area contributed by atoms with Gasteiger partial charge in [0.25, 0.3) is 0 Å². The Kier molecular flexibility index (Phi) is 6.78. The molecule has 2 aromatic heterocycles. The molecular weight excluding hydrogens is 621 g/mol. The molecule has 238 valence electrons. The van der Waals surface area contributed by atoms with Gasteiger partial charge in [-0.1, -0.05) is 133 Å². The van der Waals surface area contributed by atoms with Crippen LogP contribution < -0.4 is 0 Å². The van der Waals surface area contributed by atoms with E-state index in [0.29, 0.717) is 17.5 Å². The Labute approximate surface area is 295 Å². The topological polar surface area (TPSA) is 43.6 Å². The average Bonchev–Trinajstić information content (AvgIpc) is 3.56. The van der Waals surface area contributed by atoms with E-state index >= 15 is 0 Å². The van der Waals surface area contributed by atoms with Gasteiger partial charge in [-0.05, 0) is 81.2 Å². The number of hydrogen-bond acceptors (Lipinski definition) is 3. The first-order chi connectivity index (χ1) is 25.3. The molecular formula is C47H30N4. The van der Waals surface area contributed by atoms with Crippen LogP contribution in [0.1, 0.15) is 0 Å². The van der Waals surface area contributed by atoms with Gasteiger partial charge in [0, 0.05) is 33.2 Å². The van der Waals surface area contributed by atoms with Crippen LogP contribution in [-0.2, 0) is 0 Å². The second-order valence-electron chi connectivity index (χ2n) is 12.9. The normalized spacial score (nSPS) is 11.5. The van der Waals surface area contributed by atoms with Crippen molar-refractivity contribution in [2.24, 2.45) is 0 Å². The Morgan fingerprint density at radius 2 is 0.824 bits per heavy atom. The van der Waals surface area contributed by atoms with Crippen molar-refractivity contribution < 1.29 is 0 Å². The van der Waals surface area contributed by atoms with Crippen molar-refractivity contribution in [3.05, 3.63) is 182 Å². The second-order valence-corrected chi connectivity index (χ2v) is 12.9. The fraction of sp³-hybridized carbons (Fsp3) is 0. The van der Waals surface area contributed by atoms with Crippen LogP contribution >= 0.6 is 0 Å². The highest BCUT2D eigenvalue weighted by Crippen LogP contribution is 2.39. The van der Waals surface area contributed by atoms with Crippen molar-refractivity contribution in [2.75, 3.05) is 0 Å². The second kappa shape index (κ2) is 11.9. The van der Waals surface area contributed by atoms with E-state index < -0.39 is 0 Å². The highest BCUT2D eigenvalue weighted by Gasteiger charge is 2.17. The van der Waals surface area contributed by atoms with Gasteiger partial charge >= 0.3 is 0 Å². The van der Waals surface area contributed by atoms with Crippen molar-refractivity contribution in [3.8, 4) is 51.0 Å². The highest BCUT2D eigenvalue weighted by molar-refractivity contribution is 6.21. The van der Waals surface area contributed by atoms with E-state index in [-0.39, 0.29) is 0 Å². The number of benzene rings is 8. The summed E-state index contributed by atoms with van der Waals surface area (Å²) >= 11 is 0. The number of aromatic nitrogens is 4. The fourth-order valence-electron chi connectivity index (χ4n) is 7.31. The first kappa shape index (κ1) is 29.0. The van der Waals surface area contributed by atoms with Gasteiger partial charge in [-0.2, -0.15) is 0 Å². The zero-order valence-electron chi connectivity index (χ0n) is 27.6. The Hall–Kier alpha value is -6.91. The molecule has 0 fully saturated rings. The van der Waals surface area contributed by atoms with Crippen LogP contribution in [0.5, 0.6) is 0 Å². The van der Waals surface area contributed by atoms with Gasteiger partial charge in [-0.15, -0.1) is 0 Å². The van der Waals surface area contributed by atoms with E-state index in [2.05, 4.69) is 126 Å². The van der Waals surface area contributed by atoms with Crippen molar-refractivity contribution >= 4 is 43.4 Å². The van der Waals surface area contributed by atoms with Crippen LogP contribution in [0, 0.1) is 0 Å². The van der Waals surface area contributed by atoms with Crippen LogP contribution in [0.2, 0.25) is 0 Å². The molecule has 2 heterocycles. The Balaban J connectivity index is 1.11. The molecule has 4 heteroatoms. The molecule has 4 nitrogen and oxygen atoms in total. The number of rotatable bonds is 5. The summed E-state index contributed by atoms with van der Waals surface area (Å²) in [6, 6.07) is 64.1. The lowest BCUT2D eigenvalue weighted by molar-refractivity contribution is 1.07.